The summed E-state index contributed by atoms with van der Waals surface area (Å²) in [4.78, 5) is 15.4. The molecule has 0 aliphatic carbocycles. The van der Waals surface area contributed by atoms with Crippen LogP contribution in [-0.4, -0.2) is 42.9 Å². The van der Waals surface area contributed by atoms with Gasteiger partial charge in [0.2, 0.25) is 5.91 Å². The van der Waals surface area contributed by atoms with Gasteiger partial charge in [-0.05, 0) is 24.2 Å². The largest absolute Gasteiger partial charge is 0.348 e. The van der Waals surface area contributed by atoms with Gasteiger partial charge in [-0.3, -0.25) is 9.69 Å². The first kappa shape index (κ1) is 14.2. The Morgan fingerprint density at radius 1 is 1.35 bits per heavy atom. The molecule has 0 saturated heterocycles. The second-order valence-electron chi connectivity index (χ2n) is 4.22. The number of benzene rings is 1. The number of hydrogen-bond donors (Lipinski definition) is 0. The van der Waals surface area contributed by atoms with Crippen molar-refractivity contribution in [3.63, 3.8) is 0 Å². The molecule has 3 nitrogen and oxygen atoms in total. The fourth-order valence-electron chi connectivity index (χ4n) is 1.51. The van der Waals surface area contributed by atoms with Gasteiger partial charge in [0.15, 0.2) is 0 Å². The summed E-state index contributed by atoms with van der Waals surface area (Å²) in [5, 5.41) is 0. The zero-order valence-corrected chi connectivity index (χ0v) is 12.2. The number of carbonyl (C=O) groups excluding carboxylic acids is 1. The van der Waals surface area contributed by atoms with Gasteiger partial charge >= 0.3 is 0 Å². The minimum atomic E-state index is 0.141. The molecule has 0 radical (unpaired) electrons. The highest BCUT2D eigenvalue weighted by Gasteiger charge is 2.11. The lowest BCUT2D eigenvalue weighted by Gasteiger charge is -2.22. The first-order valence-corrected chi connectivity index (χ1v) is 6.49. The molecule has 0 saturated carbocycles. The van der Waals surface area contributed by atoms with Crippen LogP contribution >= 0.6 is 15.9 Å². The highest BCUT2D eigenvalue weighted by Crippen LogP contribution is 2.13. The van der Waals surface area contributed by atoms with Gasteiger partial charge in [0.25, 0.3) is 0 Å². The number of carbonyl (C=O) groups is 1. The maximum Gasteiger partial charge on any atom is 0.236 e. The van der Waals surface area contributed by atoms with Gasteiger partial charge in [-0.2, -0.15) is 0 Å². The van der Waals surface area contributed by atoms with Gasteiger partial charge in [0.1, 0.15) is 0 Å². The van der Waals surface area contributed by atoms with Gasteiger partial charge in [-0.1, -0.05) is 35.0 Å². The van der Waals surface area contributed by atoms with Crippen LogP contribution in [0.25, 0.3) is 0 Å². The van der Waals surface area contributed by atoms with E-state index >= 15 is 0 Å². The second-order valence-corrected chi connectivity index (χ2v) is 5.14. The lowest BCUT2D eigenvalue weighted by Crippen LogP contribution is -2.36. The van der Waals surface area contributed by atoms with Crippen molar-refractivity contribution in [2.75, 3.05) is 27.2 Å². The van der Waals surface area contributed by atoms with Crippen molar-refractivity contribution >= 4 is 21.8 Å². The standard InChI is InChI=1S/C13H19BrN2O/c1-4-16(10-13(17)15(2)3)9-11-6-5-7-12(14)8-11/h5-8H,4,9-10H2,1-3H3. The number of nitrogens with zero attached hydrogens (tertiary/aromatic N) is 2. The van der Waals surface area contributed by atoms with Crippen molar-refractivity contribution in [2.24, 2.45) is 0 Å². The quantitative estimate of drug-likeness (QED) is 0.833. The van der Waals surface area contributed by atoms with Crippen LogP contribution in [0, 0.1) is 0 Å². The molecule has 0 aromatic heterocycles. The lowest BCUT2D eigenvalue weighted by molar-refractivity contribution is -0.130. The van der Waals surface area contributed by atoms with Gasteiger partial charge < -0.3 is 4.90 Å². The molecule has 0 aliphatic heterocycles. The Bertz CT molecular complexity index is 379. The minimum Gasteiger partial charge on any atom is -0.348 e. The summed E-state index contributed by atoms with van der Waals surface area (Å²) in [6.07, 6.45) is 0. The molecule has 0 bridgehead atoms. The molecule has 0 aliphatic rings. The Balaban J connectivity index is 2.61. The van der Waals surface area contributed by atoms with E-state index < -0.39 is 0 Å². The average molecular weight is 299 g/mol. The van der Waals surface area contributed by atoms with Crippen molar-refractivity contribution in [1.29, 1.82) is 0 Å². The minimum absolute atomic E-state index is 0.141. The summed E-state index contributed by atoms with van der Waals surface area (Å²) in [5.41, 5.74) is 1.22. The maximum atomic E-state index is 11.6. The van der Waals surface area contributed by atoms with Crippen LogP contribution in [0.1, 0.15) is 12.5 Å². The first-order valence-electron chi connectivity index (χ1n) is 5.70. The van der Waals surface area contributed by atoms with Crippen LogP contribution in [0.15, 0.2) is 28.7 Å². The van der Waals surface area contributed by atoms with E-state index in [1.165, 1.54) is 5.56 Å². The van der Waals surface area contributed by atoms with E-state index in [0.717, 1.165) is 17.6 Å². The van der Waals surface area contributed by atoms with E-state index in [4.69, 9.17) is 0 Å². The van der Waals surface area contributed by atoms with Crippen LogP contribution in [0.2, 0.25) is 0 Å². The molecule has 0 N–H and O–H groups in total. The van der Waals surface area contributed by atoms with Crippen molar-refractivity contribution < 1.29 is 4.79 Å². The zero-order valence-electron chi connectivity index (χ0n) is 10.6. The number of halogens is 1. The Labute approximate surface area is 112 Å². The molecule has 1 aromatic carbocycles. The number of hydrogen-bond acceptors (Lipinski definition) is 2. The van der Waals surface area contributed by atoms with Gasteiger partial charge in [-0.15, -0.1) is 0 Å². The average Bonchev–Trinajstić information content (AvgIpc) is 2.27. The summed E-state index contributed by atoms with van der Waals surface area (Å²) in [6, 6.07) is 8.18. The molecule has 0 fully saturated rings. The first-order chi connectivity index (χ1) is 8.02. The lowest BCUT2D eigenvalue weighted by atomic mass is 10.2. The molecule has 0 spiro atoms. The molecular weight excluding hydrogens is 280 g/mol. The smallest absolute Gasteiger partial charge is 0.236 e. The molecule has 0 heterocycles. The summed E-state index contributed by atoms with van der Waals surface area (Å²) in [6.45, 7) is 4.21. The predicted molar refractivity (Wildman–Crippen MR) is 73.8 cm³/mol. The second kappa shape index (κ2) is 6.77. The molecule has 17 heavy (non-hydrogen) atoms. The normalized spacial score (nSPS) is 10.6. The third-order valence-corrected chi connectivity index (χ3v) is 3.09. The van der Waals surface area contributed by atoms with E-state index in [1.807, 2.05) is 12.1 Å². The molecule has 94 valence electrons. The summed E-state index contributed by atoms with van der Waals surface area (Å²) in [5.74, 6) is 0.141. The van der Waals surface area contributed by atoms with Gasteiger partial charge in [0.05, 0.1) is 6.54 Å². The van der Waals surface area contributed by atoms with E-state index in [0.29, 0.717) is 6.54 Å². The molecule has 1 rings (SSSR count). The molecule has 0 atom stereocenters. The van der Waals surface area contributed by atoms with Crippen LogP contribution in [0.3, 0.4) is 0 Å². The van der Waals surface area contributed by atoms with E-state index in [-0.39, 0.29) is 5.91 Å². The predicted octanol–water partition coefficient (Wildman–Crippen LogP) is 2.36. The Hall–Kier alpha value is -0.870. The highest BCUT2D eigenvalue weighted by molar-refractivity contribution is 9.10. The fourth-order valence-corrected chi connectivity index (χ4v) is 1.95. The summed E-state index contributed by atoms with van der Waals surface area (Å²) < 4.78 is 1.07. The third kappa shape index (κ3) is 4.88. The van der Waals surface area contributed by atoms with Gasteiger partial charge in [0, 0.05) is 25.1 Å². The molecular formula is C13H19BrN2O. The molecule has 0 unspecified atom stereocenters. The topological polar surface area (TPSA) is 23.6 Å². The number of likely N-dealkylation sites (N-methyl/N-ethyl adjacent to an activating group) is 2. The van der Waals surface area contributed by atoms with E-state index in [1.54, 1.807) is 19.0 Å². The van der Waals surface area contributed by atoms with Crippen molar-refractivity contribution in [2.45, 2.75) is 13.5 Å². The highest BCUT2D eigenvalue weighted by atomic mass is 79.9. The van der Waals surface area contributed by atoms with Crippen LogP contribution in [0.4, 0.5) is 0 Å². The van der Waals surface area contributed by atoms with Crippen molar-refractivity contribution in [3.8, 4) is 0 Å². The van der Waals surface area contributed by atoms with Crippen LogP contribution in [0.5, 0.6) is 0 Å². The van der Waals surface area contributed by atoms with Gasteiger partial charge in [-0.25, -0.2) is 0 Å². The fraction of sp³-hybridized carbons (Fsp3) is 0.462. The van der Waals surface area contributed by atoms with Crippen molar-refractivity contribution in [1.82, 2.24) is 9.80 Å². The Kier molecular flexibility index (Phi) is 5.65. The molecule has 1 aromatic rings. The number of amides is 1. The summed E-state index contributed by atoms with van der Waals surface area (Å²) in [7, 11) is 3.57. The van der Waals surface area contributed by atoms with E-state index in [9.17, 15) is 4.79 Å². The zero-order chi connectivity index (χ0) is 12.8. The Morgan fingerprint density at radius 3 is 2.59 bits per heavy atom. The molecule has 4 heteroatoms. The van der Waals surface area contributed by atoms with Crippen LogP contribution in [-0.2, 0) is 11.3 Å². The number of rotatable bonds is 5. The van der Waals surface area contributed by atoms with E-state index in [2.05, 4.69) is 39.9 Å². The maximum absolute atomic E-state index is 11.6. The monoisotopic (exact) mass is 298 g/mol. The summed E-state index contributed by atoms with van der Waals surface area (Å²) >= 11 is 3.45. The molecule has 1 amide bonds. The van der Waals surface area contributed by atoms with Crippen LogP contribution < -0.4 is 0 Å². The SMILES string of the molecule is CCN(CC(=O)N(C)C)Cc1cccc(Br)c1. The van der Waals surface area contributed by atoms with Crippen molar-refractivity contribution in [3.05, 3.63) is 34.3 Å². The Morgan fingerprint density at radius 2 is 2.06 bits per heavy atom. The third-order valence-electron chi connectivity index (χ3n) is 2.60.